The molecule has 1 atom stereocenters. The van der Waals surface area contributed by atoms with Crippen molar-refractivity contribution in [2.75, 3.05) is 19.7 Å². The van der Waals surface area contributed by atoms with Crippen molar-refractivity contribution >= 4 is 22.0 Å². The molecule has 1 aliphatic heterocycles. The summed E-state index contributed by atoms with van der Waals surface area (Å²) >= 11 is 0. The van der Waals surface area contributed by atoms with Gasteiger partial charge >= 0.3 is 35.0 Å². The number of alkyl halides is 7. The number of carbonyl (C=O) groups excluding carboxylic acids is 2. The van der Waals surface area contributed by atoms with E-state index in [1.807, 2.05) is 0 Å². The van der Waals surface area contributed by atoms with E-state index in [-0.39, 0.29) is 13.1 Å². The number of piperidine rings is 1. The molecule has 0 saturated carbocycles. The van der Waals surface area contributed by atoms with Crippen LogP contribution < -0.4 is 0 Å². The summed E-state index contributed by atoms with van der Waals surface area (Å²) in [5.41, 5.74) is -0.564. The highest BCUT2D eigenvalue weighted by Crippen LogP contribution is 2.42. The molecule has 1 amide bonds. The molecule has 1 saturated heterocycles. The van der Waals surface area contributed by atoms with Gasteiger partial charge in [0.2, 0.25) is 0 Å². The third-order valence-corrected chi connectivity index (χ3v) is 5.49. The predicted octanol–water partition coefficient (Wildman–Crippen LogP) is 2.95. The quantitative estimate of drug-likeness (QED) is 0.110. The van der Waals surface area contributed by atoms with Crippen molar-refractivity contribution < 1.29 is 62.8 Å². The zero-order chi connectivity index (χ0) is 25.9. The largest absolute Gasteiger partial charge is 0.743 e. The molecule has 0 N–H and O–H groups in total. The summed E-state index contributed by atoms with van der Waals surface area (Å²) in [7, 11) is -6.80. The Labute approximate surface area is 184 Å². The first-order valence-corrected chi connectivity index (χ1v) is 10.8. The summed E-state index contributed by atoms with van der Waals surface area (Å²) in [6, 6.07) is 0. The second-order valence-electron chi connectivity index (χ2n) is 7.26. The minimum atomic E-state index is -6.80. The van der Waals surface area contributed by atoms with Crippen LogP contribution in [0.25, 0.3) is 0 Å². The van der Waals surface area contributed by atoms with Crippen LogP contribution in [0.15, 0.2) is 12.2 Å². The molecule has 0 radical (unpaired) electrons. The van der Waals surface area contributed by atoms with Gasteiger partial charge in [-0.05, 0) is 32.6 Å². The molecule has 0 spiro atoms. The number of nitrogens with zero attached hydrogens (tertiary/aromatic N) is 1. The normalized spacial score (nSPS) is 17.9. The third kappa shape index (κ3) is 6.35. The standard InChI is InChI=1S/C17H22F7NO7S/c1-11(2)12(26)32-15(16(20,21)22,13(27)25-8-4-3-5-9-25)31-10-6-7-14(18,19)17(23,24)33(28,29)30/h1,3-10H2,2H3,(H,28,29,30)/p-1. The first-order valence-electron chi connectivity index (χ1n) is 9.40. The fourth-order valence-corrected chi connectivity index (χ4v) is 3.22. The number of ether oxygens (including phenoxy) is 2. The Kier molecular flexibility index (Phi) is 8.93. The fourth-order valence-electron chi connectivity index (χ4n) is 2.76. The molecule has 0 bridgehead atoms. The van der Waals surface area contributed by atoms with E-state index in [1.54, 1.807) is 0 Å². The van der Waals surface area contributed by atoms with Gasteiger partial charge in [-0.1, -0.05) is 6.58 Å². The summed E-state index contributed by atoms with van der Waals surface area (Å²) in [5, 5.41) is -6.04. The average Bonchev–Trinajstić information content (AvgIpc) is 2.68. The second-order valence-corrected chi connectivity index (χ2v) is 8.69. The maximum Gasteiger partial charge on any atom is 0.466 e. The van der Waals surface area contributed by atoms with Gasteiger partial charge in [-0.3, -0.25) is 4.79 Å². The van der Waals surface area contributed by atoms with Crippen LogP contribution in [0.5, 0.6) is 0 Å². The maximum absolute atomic E-state index is 13.9. The molecule has 0 aromatic carbocycles. The molecule has 1 aliphatic rings. The predicted molar refractivity (Wildman–Crippen MR) is 94.9 cm³/mol. The van der Waals surface area contributed by atoms with Crippen LogP contribution in [0.1, 0.15) is 39.0 Å². The van der Waals surface area contributed by atoms with Gasteiger partial charge in [-0.2, -0.15) is 30.7 Å². The van der Waals surface area contributed by atoms with E-state index >= 15 is 0 Å². The summed E-state index contributed by atoms with van der Waals surface area (Å²) in [6.45, 7) is 2.23. The summed E-state index contributed by atoms with van der Waals surface area (Å²) in [5.74, 6) is -13.3. The highest BCUT2D eigenvalue weighted by molar-refractivity contribution is 7.86. The minimum absolute atomic E-state index is 0.156. The Hall–Kier alpha value is -1.94. The number of likely N-dealkylation sites (tertiary alicyclic amines) is 1. The molecule has 8 nitrogen and oxygen atoms in total. The van der Waals surface area contributed by atoms with Crippen molar-refractivity contribution in [1.29, 1.82) is 0 Å². The number of halogens is 7. The van der Waals surface area contributed by atoms with Gasteiger partial charge in [0.25, 0.3) is 0 Å². The van der Waals surface area contributed by atoms with Crippen molar-refractivity contribution in [2.45, 2.75) is 62.2 Å². The smallest absolute Gasteiger partial charge is 0.466 e. The number of carbonyl (C=O) groups is 2. The van der Waals surface area contributed by atoms with Gasteiger partial charge in [-0.15, -0.1) is 0 Å². The first-order chi connectivity index (χ1) is 14.8. The van der Waals surface area contributed by atoms with Crippen molar-refractivity contribution in [3.8, 4) is 0 Å². The molecule has 192 valence electrons. The molecule has 0 aliphatic carbocycles. The van der Waals surface area contributed by atoms with Gasteiger partial charge in [0, 0.05) is 25.1 Å². The molecule has 1 fully saturated rings. The van der Waals surface area contributed by atoms with E-state index in [1.165, 1.54) is 0 Å². The minimum Gasteiger partial charge on any atom is -0.743 e. The van der Waals surface area contributed by atoms with E-state index in [9.17, 15) is 53.3 Å². The zero-order valence-corrected chi connectivity index (χ0v) is 18.0. The average molecular weight is 516 g/mol. The molecule has 16 heteroatoms. The number of rotatable bonds is 10. The Bertz CT molecular complexity index is 854. The van der Waals surface area contributed by atoms with Gasteiger partial charge in [0.1, 0.15) is 0 Å². The van der Waals surface area contributed by atoms with Crippen LogP contribution in [0.2, 0.25) is 0 Å². The lowest BCUT2D eigenvalue weighted by Crippen LogP contribution is -2.63. The zero-order valence-electron chi connectivity index (χ0n) is 17.2. The fraction of sp³-hybridized carbons (Fsp3) is 0.765. The third-order valence-electron chi connectivity index (χ3n) is 4.56. The van der Waals surface area contributed by atoms with Crippen molar-refractivity contribution in [1.82, 2.24) is 4.90 Å². The summed E-state index contributed by atoms with van der Waals surface area (Å²) < 4.78 is 135. The Balaban J connectivity index is 3.17. The highest BCUT2D eigenvalue weighted by atomic mass is 32.2. The van der Waals surface area contributed by atoms with E-state index < -0.39 is 70.2 Å². The topological polar surface area (TPSA) is 113 Å². The Morgan fingerprint density at radius 1 is 1.03 bits per heavy atom. The van der Waals surface area contributed by atoms with E-state index in [4.69, 9.17) is 0 Å². The van der Waals surface area contributed by atoms with Crippen LogP contribution >= 0.6 is 0 Å². The maximum atomic E-state index is 13.9. The lowest BCUT2D eigenvalue weighted by molar-refractivity contribution is -0.351. The highest BCUT2D eigenvalue weighted by Gasteiger charge is 2.67. The van der Waals surface area contributed by atoms with Gasteiger partial charge in [0.15, 0.2) is 10.1 Å². The lowest BCUT2D eigenvalue weighted by atomic mass is 10.1. The van der Waals surface area contributed by atoms with Gasteiger partial charge < -0.3 is 18.9 Å². The molecule has 1 unspecified atom stereocenters. The SMILES string of the molecule is C=C(C)C(=O)OC(OCCCC(F)(F)C(F)(F)S(=O)(=O)[O-])(C(=O)N1CCCCC1)C(F)(F)F. The summed E-state index contributed by atoms with van der Waals surface area (Å²) in [4.78, 5) is 25.2. The van der Waals surface area contributed by atoms with Crippen LogP contribution in [0.3, 0.4) is 0 Å². The molecule has 33 heavy (non-hydrogen) atoms. The number of amides is 1. The second kappa shape index (κ2) is 10.1. The summed E-state index contributed by atoms with van der Waals surface area (Å²) in [6.07, 6.45) is -7.95. The molecular formula is C17H21F7NO7S-. The molecule has 0 aromatic rings. The van der Waals surface area contributed by atoms with Gasteiger partial charge in [-0.25, -0.2) is 13.2 Å². The van der Waals surface area contributed by atoms with Crippen molar-refractivity contribution in [3.05, 3.63) is 12.2 Å². The number of esters is 1. The Morgan fingerprint density at radius 2 is 1.55 bits per heavy atom. The molecule has 1 heterocycles. The lowest BCUT2D eigenvalue weighted by Gasteiger charge is -2.38. The number of hydrogen-bond acceptors (Lipinski definition) is 7. The van der Waals surface area contributed by atoms with Crippen LogP contribution in [0, 0.1) is 0 Å². The molecule has 1 rings (SSSR count). The monoisotopic (exact) mass is 516 g/mol. The number of hydrogen-bond donors (Lipinski definition) is 0. The van der Waals surface area contributed by atoms with Crippen LogP contribution in [0.4, 0.5) is 30.7 Å². The van der Waals surface area contributed by atoms with Crippen LogP contribution in [-0.4, -0.2) is 72.6 Å². The van der Waals surface area contributed by atoms with E-state index in [0.29, 0.717) is 24.2 Å². The van der Waals surface area contributed by atoms with E-state index in [0.717, 1.165) is 6.92 Å². The Morgan fingerprint density at radius 3 is 1.97 bits per heavy atom. The van der Waals surface area contributed by atoms with Gasteiger partial charge in [0.05, 0.1) is 6.61 Å². The van der Waals surface area contributed by atoms with Crippen molar-refractivity contribution in [2.24, 2.45) is 0 Å². The molecule has 0 aromatic heterocycles. The first kappa shape index (κ1) is 29.1. The van der Waals surface area contributed by atoms with Crippen LogP contribution in [-0.2, 0) is 29.2 Å². The molecular weight excluding hydrogens is 495 g/mol. The van der Waals surface area contributed by atoms with Crippen molar-refractivity contribution in [3.63, 3.8) is 0 Å². The van der Waals surface area contributed by atoms with E-state index in [2.05, 4.69) is 16.1 Å².